The van der Waals surface area contributed by atoms with Crippen LogP contribution in [0.3, 0.4) is 0 Å². The number of benzene rings is 2. The molecule has 0 bridgehead atoms. The Morgan fingerprint density at radius 1 is 1.02 bits per heavy atom. The molecule has 234 valence electrons. The van der Waals surface area contributed by atoms with Gasteiger partial charge in [0.2, 0.25) is 11.9 Å². The van der Waals surface area contributed by atoms with E-state index < -0.39 is 15.6 Å². The van der Waals surface area contributed by atoms with Gasteiger partial charge >= 0.3 is 5.97 Å². The zero-order valence-corrected chi connectivity index (χ0v) is 27.9. The van der Waals surface area contributed by atoms with Crippen molar-refractivity contribution in [1.82, 2.24) is 18.8 Å². The minimum absolute atomic E-state index is 0.0660. The smallest absolute Gasteiger partial charge is 0.305 e. The maximum Gasteiger partial charge on any atom is 0.305 e. The van der Waals surface area contributed by atoms with E-state index in [1.54, 1.807) is 30.0 Å². The maximum atomic E-state index is 14.2. The Kier molecular flexibility index (Phi) is 9.43. The number of aromatic nitrogens is 2. The number of ether oxygens (including phenoxy) is 1. The number of hydrogen-bond acceptors (Lipinski definition) is 7. The second-order valence-corrected chi connectivity index (χ2v) is 14.5. The number of esters is 1. The number of carbonyl (C=O) groups is 3. The Labute approximate surface area is 273 Å². The van der Waals surface area contributed by atoms with Crippen molar-refractivity contribution in [3.63, 3.8) is 0 Å². The lowest BCUT2D eigenvalue weighted by Crippen LogP contribution is -2.51. The van der Waals surface area contributed by atoms with E-state index in [-0.39, 0.29) is 74.2 Å². The van der Waals surface area contributed by atoms with Crippen LogP contribution in [0.4, 0.5) is 11.6 Å². The van der Waals surface area contributed by atoms with E-state index in [4.69, 9.17) is 23.2 Å². The van der Waals surface area contributed by atoms with Crippen molar-refractivity contribution in [2.24, 2.45) is 0 Å². The van der Waals surface area contributed by atoms with Crippen LogP contribution in [-0.2, 0) is 41.1 Å². The van der Waals surface area contributed by atoms with E-state index in [1.165, 1.54) is 27.1 Å². The van der Waals surface area contributed by atoms with Crippen LogP contribution in [0.5, 0.6) is 0 Å². The van der Waals surface area contributed by atoms with E-state index in [9.17, 15) is 22.8 Å². The maximum absolute atomic E-state index is 14.2. The number of hydrogen-bond donors (Lipinski definition) is 0. The average Bonchev–Trinajstić information content (AvgIpc) is 3.51. The number of nitrogens with zero attached hydrogens (tertiary/aromatic N) is 5. The van der Waals surface area contributed by atoms with Crippen molar-refractivity contribution >= 4 is 78.6 Å². The van der Waals surface area contributed by atoms with Gasteiger partial charge in [0.25, 0.3) is 15.9 Å². The summed E-state index contributed by atoms with van der Waals surface area (Å²) in [6.45, 7) is 2.21. The third-order valence-electron chi connectivity index (χ3n) is 7.83. The van der Waals surface area contributed by atoms with Gasteiger partial charge in [-0.3, -0.25) is 19.0 Å². The highest BCUT2D eigenvalue weighted by Crippen LogP contribution is 2.45. The fourth-order valence-corrected chi connectivity index (χ4v) is 7.95. The Morgan fingerprint density at radius 2 is 1.66 bits per heavy atom. The van der Waals surface area contributed by atoms with Gasteiger partial charge in [-0.15, -0.1) is 0 Å². The first-order valence-corrected chi connectivity index (χ1v) is 16.8. The lowest BCUT2D eigenvalue weighted by molar-refractivity contribution is -0.141. The molecule has 15 heteroatoms. The lowest BCUT2D eigenvalue weighted by atomic mass is 9.92. The van der Waals surface area contributed by atoms with Crippen LogP contribution in [0.25, 0.3) is 0 Å². The number of carbonyl (C=O) groups excluding carboxylic acids is 3. The number of rotatable bonds is 9. The molecule has 2 aromatic carbocycles. The molecule has 0 unspecified atom stereocenters. The van der Waals surface area contributed by atoms with Crippen LogP contribution in [0.2, 0.25) is 10.0 Å². The second kappa shape index (κ2) is 12.8. The summed E-state index contributed by atoms with van der Waals surface area (Å²) in [6, 6.07) is 12.1. The van der Waals surface area contributed by atoms with Crippen LogP contribution in [0.15, 0.2) is 58.2 Å². The molecule has 2 aliphatic heterocycles. The molecule has 44 heavy (non-hydrogen) atoms. The van der Waals surface area contributed by atoms with Crippen LogP contribution >= 0.6 is 39.1 Å². The number of anilines is 2. The van der Waals surface area contributed by atoms with Crippen LogP contribution in [0, 0.1) is 0 Å². The molecule has 11 nitrogen and oxygen atoms in total. The van der Waals surface area contributed by atoms with Gasteiger partial charge in [-0.2, -0.15) is 4.31 Å². The summed E-state index contributed by atoms with van der Waals surface area (Å²) in [5, 5.41) is 0.491. The van der Waals surface area contributed by atoms with Gasteiger partial charge in [0.15, 0.2) is 5.03 Å². The van der Waals surface area contributed by atoms with Gasteiger partial charge in [0, 0.05) is 60.0 Å². The number of imidazole rings is 1. The van der Waals surface area contributed by atoms with Crippen molar-refractivity contribution < 1.29 is 27.5 Å². The largest absolute Gasteiger partial charge is 0.469 e. The first kappa shape index (κ1) is 32.4. The molecule has 1 fully saturated rings. The minimum atomic E-state index is -4.14. The summed E-state index contributed by atoms with van der Waals surface area (Å²) < 4.78 is 36.5. The van der Waals surface area contributed by atoms with Crippen molar-refractivity contribution in [2.75, 3.05) is 38.2 Å². The fraction of sp³-hybridized carbons (Fsp3) is 0.379. The van der Waals surface area contributed by atoms with Gasteiger partial charge in [0.05, 0.1) is 19.0 Å². The molecule has 0 radical (unpaired) electrons. The molecule has 1 saturated heterocycles. The van der Waals surface area contributed by atoms with E-state index in [2.05, 4.69) is 25.7 Å². The van der Waals surface area contributed by atoms with E-state index in [1.807, 2.05) is 24.3 Å². The third kappa shape index (κ3) is 6.25. The molecule has 0 N–H and O–H groups in total. The monoisotopic (exact) mass is 725 g/mol. The van der Waals surface area contributed by atoms with Gasteiger partial charge in [-0.1, -0.05) is 51.3 Å². The summed E-state index contributed by atoms with van der Waals surface area (Å²) in [5.41, 5.74) is -0.187. The summed E-state index contributed by atoms with van der Waals surface area (Å²) in [7, 11) is -2.85. The van der Waals surface area contributed by atoms with E-state index >= 15 is 0 Å². The van der Waals surface area contributed by atoms with E-state index in [0.717, 1.165) is 10.0 Å². The zero-order chi connectivity index (χ0) is 31.8. The van der Waals surface area contributed by atoms with Crippen molar-refractivity contribution in [3.05, 3.63) is 68.7 Å². The van der Waals surface area contributed by atoms with Gasteiger partial charge in [-0.05, 0) is 49.2 Å². The number of sulfonamides is 1. The van der Waals surface area contributed by atoms with E-state index in [0.29, 0.717) is 22.2 Å². The lowest BCUT2D eigenvalue weighted by Gasteiger charge is -2.34. The Hall–Kier alpha value is -2.97. The number of halogens is 3. The molecule has 0 aliphatic carbocycles. The highest BCUT2D eigenvalue weighted by molar-refractivity contribution is 9.10. The number of methoxy groups -OCH3 is 1. The summed E-state index contributed by atoms with van der Waals surface area (Å²) in [6.07, 6.45) is 2.10. The molecule has 2 aliphatic rings. The number of piperazine rings is 1. The quantitative estimate of drug-likeness (QED) is 0.292. The SMILES string of the molecule is COC(=O)CCCC(=O)N1CCN(S(=O)(=O)c2cnc3n2[C@](C)(Cc2ccc(Br)cc2)C(=O)N3c2cc(Cl)cc(Cl)c2)CC1. The highest BCUT2D eigenvalue weighted by Gasteiger charge is 2.52. The highest BCUT2D eigenvalue weighted by atomic mass is 79.9. The number of fused-ring (bicyclic) bond motifs is 1. The molecule has 0 saturated carbocycles. The topological polar surface area (TPSA) is 122 Å². The summed E-state index contributed by atoms with van der Waals surface area (Å²) >= 11 is 16.0. The van der Waals surface area contributed by atoms with Crippen LogP contribution < -0.4 is 4.90 Å². The second-order valence-electron chi connectivity index (χ2n) is 10.8. The van der Waals surface area contributed by atoms with Gasteiger partial charge < -0.3 is 9.64 Å². The summed E-state index contributed by atoms with van der Waals surface area (Å²) in [4.78, 5) is 45.7. The third-order valence-corrected chi connectivity index (χ3v) is 10.7. The molecule has 3 aromatic rings. The normalized spacial score (nSPS) is 18.9. The molecule has 1 atom stereocenters. The molecule has 2 amide bonds. The Balaban J connectivity index is 1.45. The Bertz CT molecular complexity index is 1690. The minimum Gasteiger partial charge on any atom is -0.469 e. The summed E-state index contributed by atoms with van der Waals surface area (Å²) in [5.74, 6) is -0.795. The predicted molar refractivity (Wildman–Crippen MR) is 169 cm³/mol. The molecule has 3 heterocycles. The molecular weight excluding hydrogens is 697 g/mol. The standard InChI is InChI=1S/C29H30BrCl2N5O6S/c1-29(17-19-6-8-20(30)9-7-19)27(40)36(23-15-21(31)14-22(32)16-23)28-33-18-25(37(28)29)44(41,42)35-12-10-34(11-13-35)24(38)4-3-5-26(39)43-2/h6-9,14-16,18H,3-5,10-13,17H2,1-2H3/t29-/m1/s1. The molecule has 1 aromatic heterocycles. The van der Waals surface area contributed by atoms with Gasteiger partial charge in [0.1, 0.15) is 5.54 Å². The average molecular weight is 727 g/mol. The van der Waals surface area contributed by atoms with Crippen LogP contribution in [0.1, 0.15) is 31.7 Å². The first-order chi connectivity index (χ1) is 20.8. The van der Waals surface area contributed by atoms with Crippen LogP contribution in [-0.4, -0.2) is 78.2 Å². The number of amides is 2. The van der Waals surface area contributed by atoms with Crippen molar-refractivity contribution in [3.8, 4) is 0 Å². The fourth-order valence-electron chi connectivity index (χ4n) is 5.57. The van der Waals surface area contributed by atoms with Gasteiger partial charge in [-0.25, -0.2) is 18.3 Å². The first-order valence-electron chi connectivity index (χ1n) is 13.8. The molecule has 0 spiro atoms. The molecule has 5 rings (SSSR count). The van der Waals surface area contributed by atoms with Crippen molar-refractivity contribution in [1.29, 1.82) is 0 Å². The molecular formula is C29H30BrCl2N5O6S. The Morgan fingerprint density at radius 3 is 2.27 bits per heavy atom. The predicted octanol–water partition coefficient (Wildman–Crippen LogP) is 4.76. The van der Waals surface area contributed by atoms with Crippen molar-refractivity contribution in [2.45, 2.75) is 43.2 Å². The zero-order valence-electron chi connectivity index (χ0n) is 24.0.